The van der Waals surface area contributed by atoms with Crippen molar-refractivity contribution in [2.75, 3.05) is 6.54 Å². The van der Waals surface area contributed by atoms with Crippen molar-refractivity contribution >= 4 is 17.6 Å². The van der Waals surface area contributed by atoms with Crippen LogP contribution in [0.5, 0.6) is 5.75 Å². The van der Waals surface area contributed by atoms with E-state index in [0.717, 1.165) is 5.56 Å². The topological polar surface area (TPSA) is 104 Å². The number of aliphatic carboxylic acids is 1. The van der Waals surface area contributed by atoms with Crippen LogP contribution in [0.3, 0.4) is 0 Å². The first-order valence-electron chi connectivity index (χ1n) is 6.18. The summed E-state index contributed by atoms with van der Waals surface area (Å²) in [6.45, 7) is 6.33. The molecule has 0 unspecified atom stereocenters. The highest BCUT2D eigenvalue weighted by molar-refractivity contribution is 5.96. The Morgan fingerprint density at radius 2 is 1.91 bits per heavy atom. The molecule has 110 valence electrons. The Balaban J connectivity index is 2.23. The molecule has 0 aliphatic carbocycles. The molecule has 1 aromatic heterocycles. The van der Waals surface area contributed by atoms with Gasteiger partial charge in [0.2, 0.25) is 0 Å². The normalized spacial score (nSPS) is 9.77. The molecular formula is C15H11N3O4. The van der Waals surface area contributed by atoms with Gasteiger partial charge in [0.25, 0.3) is 5.91 Å². The molecule has 0 spiro atoms. The Morgan fingerprint density at radius 3 is 2.45 bits per heavy atom. The number of aromatic hydroxyl groups is 1. The average molecular weight is 297 g/mol. The number of carbonyl (C=O) groups is 2. The summed E-state index contributed by atoms with van der Waals surface area (Å²) in [7, 11) is 0. The highest BCUT2D eigenvalue weighted by atomic mass is 16.4. The number of carboxylic acid groups (broad SMARTS) is 1. The second kappa shape index (κ2) is 6.37. The molecule has 0 atom stereocenters. The summed E-state index contributed by atoms with van der Waals surface area (Å²) in [4.78, 5) is 29.2. The molecule has 3 N–H and O–H groups in total. The summed E-state index contributed by atoms with van der Waals surface area (Å²) in [5, 5.41) is 20.5. The van der Waals surface area contributed by atoms with Crippen molar-refractivity contribution in [3.63, 3.8) is 0 Å². The molecule has 0 radical (unpaired) electrons. The molecule has 0 aliphatic heterocycles. The molecule has 0 aliphatic rings. The van der Waals surface area contributed by atoms with Gasteiger partial charge in [0.05, 0.1) is 6.57 Å². The maximum absolute atomic E-state index is 11.7. The fourth-order valence-corrected chi connectivity index (χ4v) is 1.75. The van der Waals surface area contributed by atoms with Gasteiger partial charge in [-0.1, -0.05) is 24.3 Å². The van der Waals surface area contributed by atoms with Crippen LogP contribution in [-0.4, -0.2) is 33.6 Å². The Kier molecular flexibility index (Phi) is 4.34. The van der Waals surface area contributed by atoms with Gasteiger partial charge in [0.15, 0.2) is 11.4 Å². The lowest BCUT2D eigenvalue weighted by Gasteiger charge is -2.07. The summed E-state index contributed by atoms with van der Waals surface area (Å²) in [6, 6.07) is 8.03. The molecule has 2 aromatic rings. The predicted octanol–water partition coefficient (Wildman–Crippen LogP) is 1.82. The number of rotatable bonds is 4. The van der Waals surface area contributed by atoms with Crippen LogP contribution in [-0.2, 0) is 4.79 Å². The van der Waals surface area contributed by atoms with Crippen molar-refractivity contribution in [2.45, 2.75) is 0 Å². The van der Waals surface area contributed by atoms with E-state index in [4.69, 9.17) is 11.7 Å². The first-order chi connectivity index (χ1) is 10.5. The number of aromatic nitrogens is 1. The van der Waals surface area contributed by atoms with Crippen molar-refractivity contribution in [1.29, 1.82) is 0 Å². The lowest BCUT2D eigenvalue weighted by Crippen LogP contribution is -2.29. The van der Waals surface area contributed by atoms with E-state index in [0.29, 0.717) is 11.3 Å². The first-order valence-corrected chi connectivity index (χ1v) is 6.18. The van der Waals surface area contributed by atoms with Crippen LogP contribution in [0.1, 0.15) is 10.5 Å². The van der Waals surface area contributed by atoms with Crippen LogP contribution in [0.15, 0.2) is 36.5 Å². The van der Waals surface area contributed by atoms with Gasteiger partial charge < -0.3 is 15.5 Å². The van der Waals surface area contributed by atoms with Crippen molar-refractivity contribution in [1.82, 2.24) is 10.3 Å². The van der Waals surface area contributed by atoms with Crippen molar-refractivity contribution in [2.24, 2.45) is 0 Å². The van der Waals surface area contributed by atoms with E-state index in [1.165, 1.54) is 12.3 Å². The summed E-state index contributed by atoms with van der Waals surface area (Å²) in [5.74, 6) is -2.31. The lowest BCUT2D eigenvalue weighted by atomic mass is 10.1. The zero-order valence-electron chi connectivity index (χ0n) is 11.3. The third-order valence-corrected chi connectivity index (χ3v) is 2.81. The molecule has 0 bridgehead atoms. The van der Waals surface area contributed by atoms with Crippen LogP contribution in [0.4, 0.5) is 5.69 Å². The molecule has 1 heterocycles. The summed E-state index contributed by atoms with van der Waals surface area (Å²) >= 11 is 0. The number of amides is 1. The van der Waals surface area contributed by atoms with Crippen LogP contribution in [0.25, 0.3) is 16.0 Å². The van der Waals surface area contributed by atoms with E-state index in [1.807, 2.05) is 0 Å². The number of nitrogens with one attached hydrogen (secondary N) is 1. The number of carboxylic acids is 1. The number of benzene rings is 1. The van der Waals surface area contributed by atoms with Crippen molar-refractivity contribution in [3.8, 4) is 16.9 Å². The van der Waals surface area contributed by atoms with E-state index in [-0.39, 0.29) is 11.4 Å². The van der Waals surface area contributed by atoms with Gasteiger partial charge in [-0.3, -0.25) is 9.59 Å². The number of nitrogens with zero attached hydrogens (tertiary/aromatic N) is 2. The highest BCUT2D eigenvalue weighted by Gasteiger charge is 2.14. The minimum Gasteiger partial charge on any atom is -0.505 e. The molecule has 0 saturated carbocycles. The monoisotopic (exact) mass is 297 g/mol. The van der Waals surface area contributed by atoms with E-state index in [1.54, 1.807) is 24.3 Å². The standard InChI is InChI=1S/C15H11N3O4/c1-16-11-4-2-9(3-5-11)10-6-12(19)14(17-7-10)15(22)18-8-13(20)21/h2-7,19H,8H2,(H,18,22)(H,20,21). The highest BCUT2D eigenvalue weighted by Crippen LogP contribution is 2.26. The van der Waals surface area contributed by atoms with Crippen LogP contribution < -0.4 is 5.32 Å². The predicted molar refractivity (Wildman–Crippen MR) is 77.6 cm³/mol. The maximum Gasteiger partial charge on any atom is 0.322 e. The molecule has 1 aromatic carbocycles. The van der Waals surface area contributed by atoms with Crippen molar-refractivity contribution < 1.29 is 19.8 Å². The largest absolute Gasteiger partial charge is 0.505 e. The third kappa shape index (κ3) is 3.37. The van der Waals surface area contributed by atoms with Gasteiger partial charge in [-0.15, -0.1) is 0 Å². The zero-order valence-corrected chi connectivity index (χ0v) is 11.3. The average Bonchev–Trinajstić information content (AvgIpc) is 2.52. The minimum atomic E-state index is -1.19. The minimum absolute atomic E-state index is 0.247. The first kappa shape index (κ1) is 15.0. The van der Waals surface area contributed by atoms with E-state index in [2.05, 4.69) is 15.1 Å². The molecule has 0 saturated heterocycles. The molecule has 1 amide bonds. The van der Waals surface area contributed by atoms with Gasteiger partial charge in [0.1, 0.15) is 12.3 Å². The number of pyridine rings is 1. The fraction of sp³-hybridized carbons (Fsp3) is 0.0667. The van der Waals surface area contributed by atoms with Gasteiger partial charge in [-0.2, -0.15) is 0 Å². The van der Waals surface area contributed by atoms with Gasteiger partial charge in [-0.05, 0) is 11.6 Å². The maximum atomic E-state index is 11.7. The molecule has 2 rings (SSSR count). The number of carbonyl (C=O) groups excluding carboxylic acids is 1. The molecule has 7 nitrogen and oxygen atoms in total. The molecule has 7 heteroatoms. The smallest absolute Gasteiger partial charge is 0.322 e. The summed E-state index contributed by atoms with van der Waals surface area (Å²) < 4.78 is 0. The van der Waals surface area contributed by atoms with Gasteiger partial charge in [-0.25, -0.2) is 9.83 Å². The van der Waals surface area contributed by atoms with Crippen LogP contribution in [0, 0.1) is 6.57 Å². The second-order valence-electron chi connectivity index (χ2n) is 4.33. The fourth-order valence-electron chi connectivity index (χ4n) is 1.75. The molecule has 22 heavy (non-hydrogen) atoms. The number of hydrogen-bond acceptors (Lipinski definition) is 4. The number of hydrogen-bond donors (Lipinski definition) is 3. The van der Waals surface area contributed by atoms with Crippen molar-refractivity contribution in [3.05, 3.63) is 53.6 Å². The summed E-state index contributed by atoms with van der Waals surface area (Å²) in [5.41, 5.74) is 1.55. The Hall–Kier alpha value is -3.40. The van der Waals surface area contributed by atoms with E-state index in [9.17, 15) is 14.7 Å². The van der Waals surface area contributed by atoms with E-state index >= 15 is 0 Å². The third-order valence-electron chi connectivity index (χ3n) is 2.81. The zero-order chi connectivity index (χ0) is 16.1. The van der Waals surface area contributed by atoms with E-state index < -0.39 is 18.4 Å². The second-order valence-corrected chi connectivity index (χ2v) is 4.33. The molecule has 0 fully saturated rings. The summed E-state index contributed by atoms with van der Waals surface area (Å²) in [6.07, 6.45) is 1.39. The lowest BCUT2D eigenvalue weighted by molar-refractivity contribution is -0.135. The Labute approximate surface area is 125 Å². The molecular weight excluding hydrogens is 286 g/mol. The Morgan fingerprint density at radius 1 is 1.23 bits per heavy atom. The van der Waals surface area contributed by atoms with Crippen LogP contribution in [0.2, 0.25) is 0 Å². The Bertz CT molecular complexity index is 763. The van der Waals surface area contributed by atoms with Gasteiger partial charge in [0, 0.05) is 11.8 Å². The SMILES string of the molecule is [C-]#[N+]c1ccc(-c2cnc(C(=O)NCC(=O)O)c(O)c2)cc1. The van der Waals surface area contributed by atoms with Gasteiger partial charge >= 0.3 is 5.97 Å². The quantitative estimate of drug-likeness (QED) is 0.747. The van der Waals surface area contributed by atoms with Crippen LogP contribution >= 0.6 is 0 Å².